The van der Waals surface area contributed by atoms with Gasteiger partial charge in [0.25, 0.3) is 0 Å². The van der Waals surface area contributed by atoms with Crippen LogP contribution in [0.2, 0.25) is 0 Å². The summed E-state index contributed by atoms with van der Waals surface area (Å²) >= 11 is 0. The molecule has 0 aliphatic carbocycles. The number of benzene rings is 2. The van der Waals surface area contributed by atoms with E-state index in [9.17, 15) is 18.0 Å². The Morgan fingerprint density at radius 2 is 1.69 bits per heavy atom. The van der Waals surface area contributed by atoms with Crippen molar-refractivity contribution in [1.29, 1.82) is 0 Å². The van der Waals surface area contributed by atoms with Gasteiger partial charge in [0.1, 0.15) is 6.54 Å². The van der Waals surface area contributed by atoms with Gasteiger partial charge in [-0.2, -0.15) is 0 Å². The fraction of sp³-hybridized carbons (Fsp3) is 0.273. The van der Waals surface area contributed by atoms with Crippen molar-refractivity contribution in [2.24, 2.45) is 0 Å². The first kappa shape index (κ1) is 22.5. The van der Waals surface area contributed by atoms with Crippen LogP contribution in [0, 0.1) is 6.92 Å². The Balaban J connectivity index is 1.87. The molecule has 7 heteroatoms. The highest BCUT2D eigenvalue weighted by Crippen LogP contribution is 2.10. The quantitative estimate of drug-likeness (QED) is 0.502. The minimum Gasteiger partial charge on any atom is -0.453 e. The molecule has 2 rings (SSSR count). The fourth-order valence-corrected chi connectivity index (χ4v) is 3.24. The van der Waals surface area contributed by atoms with Gasteiger partial charge in [0.15, 0.2) is 6.10 Å². The molecule has 0 aliphatic heterocycles. The first-order valence-electron chi connectivity index (χ1n) is 9.27. The molecule has 0 saturated carbocycles. The first-order valence-corrected chi connectivity index (χ1v) is 10.8. The summed E-state index contributed by atoms with van der Waals surface area (Å²) in [6.07, 6.45) is 1.28. The highest BCUT2D eigenvalue weighted by Gasteiger charge is 2.20. The maximum absolute atomic E-state index is 12.3. The van der Waals surface area contributed by atoms with Crippen molar-refractivity contribution >= 4 is 27.9 Å². The summed E-state index contributed by atoms with van der Waals surface area (Å²) < 4.78 is 31.2. The molecule has 0 amide bonds. The molecule has 0 unspecified atom stereocenters. The molecule has 29 heavy (non-hydrogen) atoms. The SMILES string of the molecule is CCc1ccc(C(=O)[C@H](C)OC(=O)CNS(=O)(=O)/C=C/c2ccc(C)cc2)cc1. The van der Waals surface area contributed by atoms with E-state index in [2.05, 4.69) is 4.72 Å². The van der Waals surface area contributed by atoms with Gasteiger partial charge < -0.3 is 4.74 Å². The molecule has 0 fully saturated rings. The fourth-order valence-electron chi connectivity index (χ4n) is 2.49. The molecular formula is C22H25NO5S. The maximum Gasteiger partial charge on any atom is 0.321 e. The number of ketones is 1. The number of Topliss-reactive ketones (excluding diaryl/α,β-unsaturated/α-hetero) is 1. The van der Waals surface area contributed by atoms with E-state index in [0.717, 1.165) is 28.5 Å². The second-order valence-corrected chi connectivity index (χ2v) is 8.28. The summed E-state index contributed by atoms with van der Waals surface area (Å²) in [5, 5.41) is 0.981. The lowest BCUT2D eigenvalue weighted by atomic mass is 10.0. The molecule has 2 aromatic carbocycles. The van der Waals surface area contributed by atoms with E-state index in [0.29, 0.717) is 5.56 Å². The van der Waals surface area contributed by atoms with Gasteiger partial charge >= 0.3 is 5.97 Å². The number of nitrogens with one attached hydrogen (secondary N) is 1. The van der Waals surface area contributed by atoms with Crippen LogP contribution in [-0.2, 0) is 26.0 Å². The second kappa shape index (κ2) is 10.1. The van der Waals surface area contributed by atoms with Crippen molar-refractivity contribution in [3.63, 3.8) is 0 Å². The van der Waals surface area contributed by atoms with Crippen LogP contribution in [0.5, 0.6) is 0 Å². The van der Waals surface area contributed by atoms with E-state index >= 15 is 0 Å². The number of hydrogen-bond acceptors (Lipinski definition) is 5. The van der Waals surface area contributed by atoms with Crippen LogP contribution in [0.4, 0.5) is 0 Å². The highest BCUT2D eigenvalue weighted by atomic mass is 32.2. The summed E-state index contributed by atoms with van der Waals surface area (Å²) in [4.78, 5) is 24.3. The zero-order valence-corrected chi connectivity index (χ0v) is 17.5. The number of carbonyl (C=O) groups is 2. The monoisotopic (exact) mass is 415 g/mol. The molecule has 2 aromatic rings. The molecule has 0 heterocycles. The van der Waals surface area contributed by atoms with E-state index < -0.39 is 28.6 Å². The molecule has 1 N–H and O–H groups in total. The molecule has 1 atom stereocenters. The zero-order valence-electron chi connectivity index (χ0n) is 16.7. The average molecular weight is 416 g/mol. The second-order valence-electron chi connectivity index (χ2n) is 6.63. The molecule has 0 aliphatic rings. The molecule has 0 bridgehead atoms. The van der Waals surface area contributed by atoms with Crippen molar-refractivity contribution in [3.8, 4) is 0 Å². The normalized spacial score (nSPS) is 12.7. The van der Waals surface area contributed by atoms with Gasteiger partial charge in [0.05, 0.1) is 0 Å². The summed E-state index contributed by atoms with van der Waals surface area (Å²) in [7, 11) is -3.82. The van der Waals surface area contributed by atoms with Gasteiger partial charge in [0.2, 0.25) is 15.8 Å². The van der Waals surface area contributed by atoms with Crippen LogP contribution in [-0.4, -0.2) is 32.8 Å². The number of ether oxygens (including phenoxy) is 1. The van der Waals surface area contributed by atoms with Crippen molar-refractivity contribution in [1.82, 2.24) is 4.72 Å². The third-order valence-corrected chi connectivity index (χ3v) is 5.30. The molecule has 0 radical (unpaired) electrons. The van der Waals surface area contributed by atoms with Crippen LogP contribution < -0.4 is 4.72 Å². The predicted molar refractivity (Wildman–Crippen MR) is 113 cm³/mol. The number of esters is 1. The highest BCUT2D eigenvalue weighted by molar-refractivity contribution is 7.92. The van der Waals surface area contributed by atoms with Crippen LogP contribution in [0.15, 0.2) is 53.9 Å². The molecule has 154 valence electrons. The van der Waals surface area contributed by atoms with Gasteiger partial charge in [-0.15, -0.1) is 0 Å². The van der Waals surface area contributed by atoms with Gasteiger partial charge in [-0.25, -0.2) is 13.1 Å². The number of sulfonamides is 1. The van der Waals surface area contributed by atoms with E-state index in [1.165, 1.54) is 13.0 Å². The van der Waals surface area contributed by atoms with Crippen molar-refractivity contribution < 1.29 is 22.7 Å². The minimum absolute atomic E-state index is 0.344. The number of aryl methyl sites for hydroxylation is 2. The Bertz CT molecular complexity index is 977. The number of carbonyl (C=O) groups excluding carboxylic acids is 2. The topological polar surface area (TPSA) is 89.5 Å². The smallest absolute Gasteiger partial charge is 0.321 e. The Morgan fingerprint density at radius 1 is 1.07 bits per heavy atom. The lowest BCUT2D eigenvalue weighted by molar-refractivity contribution is -0.144. The van der Waals surface area contributed by atoms with Gasteiger partial charge in [-0.3, -0.25) is 9.59 Å². The van der Waals surface area contributed by atoms with E-state index in [-0.39, 0.29) is 5.78 Å². The van der Waals surface area contributed by atoms with Crippen molar-refractivity contribution in [2.75, 3.05) is 6.54 Å². The van der Waals surface area contributed by atoms with Crippen LogP contribution in [0.3, 0.4) is 0 Å². The Kier molecular flexibility index (Phi) is 7.87. The van der Waals surface area contributed by atoms with Gasteiger partial charge in [-0.1, -0.05) is 61.0 Å². The first-order chi connectivity index (χ1) is 13.7. The molecular weight excluding hydrogens is 390 g/mol. The number of rotatable bonds is 9. The van der Waals surface area contributed by atoms with Crippen LogP contribution in [0.1, 0.15) is 40.9 Å². The van der Waals surface area contributed by atoms with Crippen molar-refractivity contribution in [3.05, 3.63) is 76.2 Å². The van der Waals surface area contributed by atoms with Crippen LogP contribution >= 0.6 is 0 Å². The molecule has 0 spiro atoms. The van der Waals surface area contributed by atoms with E-state index in [1.54, 1.807) is 24.3 Å². The molecule has 0 aromatic heterocycles. The minimum atomic E-state index is -3.82. The lowest BCUT2D eigenvalue weighted by Gasteiger charge is -2.12. The largest absolute Gasteiger partial charge is 0.453 e. The van der Waals surface area contributed by atoms with Gasteiger partial charge in [-0.05, 0) is 37.5 Å². The Hall–Kier alpha value is -2.77. The standard InChI is InChI=1S/C22H25NO5S/c1-4-18-9-11-20(12-10-18)22(25)17(3)28-21(24)15-23-29(26,27)14-13-19-7-5-16(2)6-8-19/h5-14,17,23H,4,15H2,1-3H3/b14-13+/t17-/m0/s1. The third-order valence-electron chi connectivity index (χ3n) is 4.26. The van der Waals surface area contributed by atoms with Crippen LogP contribution in [0.25, 0.3) is 6.08 Å². The summed E-state index contributed by atoms with van der Waals surface area (Å²) in [5.74, 6) is -1.17. The average Bonchev–Trinajstić information content (AvgIpc) is 2.71. The predicted octanol–water partition coefficient (Wildman–Crippen LogP) is 3.26. The molecule has 0 saturated heterocycles. The zero-order chi connectivity index (χ0) is 21.4. The van der Waals surface area contributed by atoms with Gasteiger partial charge in [0, 0.05) is 11.0 Å². The van der Waals surface area contributed by atoms with E-state index in [4.69, 9.17) is 4.74 Å². The summed E-state index contributed by atoms with van der Waals surface area (Å²) in [6.45, 7) is 4.84. The maximum atomic E-state index is 12.3. The Labute approximate surface area is 171 Å². The Morgan fingerprint density at radius 3 is 2.28 bits per heavy atom. The molecule has 6 nitrogen and oxygen atoms in total. The third kappa shape index (κ3) is 7.29. The number of hydrogen-bond donors (Lipinski definition) is 1. The summed E-state index contributed by atoms with van der Waals surface area (Å²) in [5.41, 5.74) is 3.32. The summed E-state index contributed by atoms with van der Waals surface area (Å²) in [6, 6.07) is 14.4. The van der Waals surface area contributed by atoms with E-state index in [1.807, 2.05) is 38.1 Å². The lowest BCUT2D eigenvalue weighted by Crippen LogP contribution is -2.33. The van der Waals surface area contributed by atoms with Crippen molar-refractivity contribution in [2.45, 2.75) is 33.3 Å².